The number of fused-ring (bicyclic) bond motifs is 1. The summed E-state index contributed by atoms with van der Waals surface area (Å²) in [5.41, 5.74) is 1.68. The average molecular weight is 499 g/mol. The molecule has 0 spiro atoms. The second-order valence-corrected chi connectivity index (χ2v) is 8.92. The summed E-state index contributed by atoms with van der Waals surface area (Å²) in [5, 5.41) is 7.68. The molecule has 36 heavy (non-hydrogen) atoms. The van der Waals surface area contributed by atoms with Crippen molar-refractivity contribution in [2.45, 2.75) is 31.9 Å². The van der Waals surface area contributed by atoms with Gasteiger partial charge in [-0.25, -0.2) is 18.9 Å². The van der Waals surface area contributed by atoms with Crippen molar-refractivity contribution in [2.75, 3.05) is 31.5 Å². The van der Waals surface area contributed by atoms with Crippen molar-refractivity contribution in [3.05, 3.63) is 66.2 Å². The van der Waals surface area contributed by atoms with E-state index in [1.165, 1.54) is 42.0 Å². The standard InChI is InChI=1S/C26H26F4N6/c27-20-8-5-18(6-9-20)24-23(22-10-7-19(26(28,29)30)17-36(22)34-24)21-11-13-32-25(33-21)31-12-4-16-35-14-2-1-3-15-35/h5-11,13,17H,1-4,12,14-16H2,(H,31,32,33). The number of piperidine rings is 1. The minimum absolute atomic E-state index is 0.407. The number of alkyl halides is 3. The van der Waals surface area contributed by atoms with E-state index in [9.17, 15) is 17.6 Å². The molecule has 1 aromatic carbocycles. The van der Waals surface area contributed by atoms with Gasteiger partial charge in [0, 0.05) is 24.5 Å². The Hall–Kier alpha value is -3.53. The summed E-state index contributed by atoms with van der Waals surface area (Å²) in [4.78, 5) is 11.4. The van der Waals surface area contributed by atoms with Gasteiger partial charge in [-0.2, -0.15) is 18.3 Å². The molecule has 3 aromatic heterocycles. The lowest BCUT2D eigenvalue weighted by Crippen LogP contribution is -2.31. The van der Waals surface area contributed by atoms with Crippen LogP contribution in [-0.2, 0) is 6.18 Å². The molecule has 1 saturated heterocycles. The molecule has 0 unspecified atom stereocenters. The lowest BCUT2D eigenvalue weighted by Gasteiger charge is -2.26. The topological polar surface area (TPSA) is 58.4 Å². The maximum atomic E-state index is 13.6. The molecule has 188 valence electrons. The highest BCUT2D eigenvalue weighted by Gasteiger charge is 2.31. The van der Waals surface area contributed by atoms with Gasteiger partial charge < -0.3 is 10.2 Å². The van der Waals surface area contributed by atoms with Gasteiger partial charge in [0.05, 0.1) is 22.3 Å². The molecule has 1 N–H and O–H groups in total. The maximum Gasteiger partial charge on any atom is 0.417 e. The number of nitrogens with one attached hydrogen (secondary N) is 1. The Labute approximate surface area is 206 Å². The summed E-state index contributed by atoms with van der Waals surface area (Å²) >= 11 is 0. The summed E-state index contributed by atoms with van der Waals surface area (Å²) in [5.74, 6) is 0.0176. The largest absolute Gasteiger partial charge is 0.417 e. The number of hydrogen-bond donors (Lipinski definition) is 1. The van der Waals surface area contributed by atoms with Gasteiger partial charge in [0.25, 0.3) is 0 Å². The fourth-order valence-electron chi connectivity index (χ4n) is 4.55. The third-order valence-corrected chi connectivity index (χ3v) is 6.37. The third-order valence-electron chi connectivity index (χ3n) is 6.37. The molecule has 0 saturated carbocycles. The Morgan fingerprint density at radius 1 is 0.944 bits per heavy atom. The molecule has 5 rings (SSSR count). The molecule has 4 aromatic rings. The first-order chi connectivity index (χ1) is 17.4. The zero-order chi connectivity index (χ0) is 25.1. The van der Waals surface area contributed by atoms with Crippen molar-refractivity contribution < 1.29 is 17.6 Å². The van der Waals surface area contributed by atoms with Crippen LogP contribution in [0.15, 0.2) is 54.9 Å². The van der Waals surface area contributed by atoms with Gasteiger partial charge in [0.1, 0.15) is 11.5 Å². The molecule has 4 heterocycles. The van der Waals surface area contributed by atoms with Crippen LogP contribution in [0.2, 0.25) is 0 Å². The van der Waals surface area contributed by atoms with E-state index in [0.717, 1.165) is 38.3 Å². The van der Waals surface area contributed by atoms with Crippen LogP contribution in [0.4, 0.5) is 23.5 Å². The van der Waals surface area contributed by atoms with Crippen LogP contribution in [0.3, 0.4) is 0 Å². The highest BCUT2D eigenvalue weighted by molar-refractivity contribution is 5.91. The predicted octanol–water partition coefficient (Wildman–Crippen LogP) is 5.90. The lowest BCUT2D eigenvalue weighted by molar-refractivity contribution is -0.137. The summed E-state index contributed by atoms with van der Waals surface area (Å²) in [6.07, 6.45) is 2.81. The summed E-state index contributed by atoms with van der Waals surface area (Å²) in [6.45, 7) is 4.00. The number of hydrogen-bond acceptors (Lipinski definition) is 5. The van der Waals surface area contributed by atoms with Crippen molar-refractivity contribution in [3.8, 4) is 22.5 Å². The van der Waals surface area contributed by atoms with E-state index in [1.54, 1.807) is 24.4 Å². The number of rotatable bonds is 7. The fraction of sp³-hybridized carbons (Fsp3) is 0.346. The Morgan fingerprint density at radius 2 is 1.72 bits per heavy atom. The van der Waals surface area contributed by atoms with E-state index in [-0.39, 0.29) is 0 Å². The quantitative estimate of drug-likeness (QED) is 0.254. The molecule has 0 bridgehead atoms. The van der Waals surface area contributed by atoms with Crippen molar-refractivity contribution in [1.82, 2.24) is 24.5 Å². The van der Waals surface area contributed by atoms with E-state index in [2.05, 4.69) is 25.3 Å². The molecule has 1 aliphatic rings. The van der Waals surface area contributed by atoms with Crippen LogP contribution in [0.25, 0.3) is 28.0 Å². The van der Waals surface area contributed by atoms with Crippen molar-refractivity contribution in [3.63, 3.8) is 0 Å². The molecule has 1 aliphatic heterocycles. The number of aromatic nitrogens is 4. The van der Waals surface area contributed by atoms with E-state index in [0.29, 0.717) is 40.5 Å². The fourth-order valence-corrected chi connectivity index (χ4v) is 4.55. The van der Waals surface area contributed by atoms with E-state index in [4.69, 9.17) is 0 Å². The Kier molecular flexibility index (Phi) is 6.86. The number of pyridine rings is 1. The van der Waals surface area contributed by atoms with Crippen LogP contribution in [0.1, 0.15) is 31.2 Å². The Morgan fingerprint density at radius 3 is 2.47 bits per heavy atom. The van der Waals surface area contributed by atoms with Crippen molar-refractivity contribution in [2.24, 2.45) is 0 Å². The first-order valence-electron chi connectivity index (χ1n) is 12.0. The van der Waals surface area contributed by atoms with Crippen LogP contribution in [0.5, 0.6) is 0 Å². The molecular formula is C26H26F4N6. The molecule has 0 radical (unpaired) electrons. The summed E-state index contributed by atoms with van der Waals surface area (Å²) < 4.78 is 54.7. The smallest absolute Gasteiger partial charge is 0.354 e. The van der Waals surface area contributed by atoms with Gasteiger partial charge in [-0.3, -0.25) is 0 Å². The SMILES string of the molecule is Fc1ccc(-c2nn3cc(C(F)(F)F)ccc3c2-c2ccnc(NCCCN3CCCCC3)n2)cc1. The van der Waals surface area contributed by atoms with Gasteiger partial charge in [-0.1, -0.05) is 6.42 Å². The minimum Gasteiger partial charge on any atom is -0.354 e. The zero-order valence-corrected chi connectivity index (χ0v) is 19.6. The molecule has 0 aliphatic carbocycles. The van der Waals surface area contributed by atoms with E-state index < -0.39 is 17.6 Å². The minimum atomic E-state index is -4.50. The normalized spacial score (nSPS) is 14.9. The summed E-state index contributed by atoms with van der Waals surface area (Å²) in [6, 6.07) is 9.78. The van der Waals surface area contributed by atoms with Crippen molar-refractivity contribution in [1.29, 1.82) is 0 Å². The molecule has 6 nitrogen and oxygen atoms in total. The second-order valence-electron chi connectivity index (χ2n) is 8.92. The lowest BCUT2D eigenvalue weighted by atomic mass is 10.0. The number of likely N-dealkylation sites (tertiary alicyclic amines) is 1. The molecule has 0 amide bonds. The van der Waals surface area contributed by atoms with E-state index in [1.807, 2.05) is 0 Å². The number of halogens is 4. The number of benzene rings is 1. The van der Waals surface area contributed by atoms with Crippen LogP contribution in [0, 0.1) is 5.82 Å². The van der Waals surface area contributed by atoms with Crippen molar-refractivity contribution >= 4 is 11.5 Å². The predicted molar refractivity (Wildman–Crippen MR) is 130 cm³/mol. The zero-order valence-electron chi connectivity index (χ0n) is 19.6. The second kappa shape index (κ2) is 10.2. The number of anilines is 1. The van der Waals surface area contributed by atoms with Gasteiger partial charge >= 0.3 is 6.18 Å². The van der Waals surface area contributed by atoms with Gasteiger partial charge in [0.2, 0.25) is 5.95 Å². The Bertz CT molecular complexity index is 1330. The Balaban J connectivity index is 1.45. The highest BCUT2D eigenvalue weighted by Crippen LogP contribution is 2.36. The van der Waals surface area contributed by atoms with Gasteiger partial charge in [-0.05, 0) is 81.4 Å². The summed E-state index contributed by atoms with van der Waals surface area (Å²) in [7, 11) is 0. The molecular weight excluding hydrogens is 472 g/mol. The first kappa shape index (κ1) is 24.2. The van der Waals surface area contributed by atoms with Gasteiger partial charge in [-0.15, -0.1) is 0 Å². The number of nitrogens with zero attached hydrogens (tertiary/aromatic N) is 5. The van der Waals surface area contributed by atoms with Gasteiger partial charge in [0.15, 0.2) is 0 Å². The van der Waals surface area contributed by atoms with Crippen LogP contribution >= 0.6 is 0 Å². The van der Waals surface area contributed by atoms with Crippen LogP contribution in [-0.4, -0.2) is 50.7 Å². The average Bonchev–Trinajstić information content (AvgIpc) is 3.26. The molecule has 1 fully saturated rings. The van der Waals surface area contributed by atoms with E-state index >= 15 is 0 Å². The third kappa shape index (κ3) is 5.33. The maximum absolute atomic E-state index is 13.6. The molecule has 0 atom stereocenters. The monoisotopic (exact) mass is 498 g/mol. The highest BCUT2D eigenvalue weighted by atomic mass is 19.4. The van der Waals surface area contributed by atoms with Crippen LogP contribution < -0.4 is 5.32 Å². The first-order valence-corrected chi connectivity index (χ1v) is 12.0. The molecule has 10 heteroatoms.